The predicted octanol–water partition coefficient (Wildman–Crippen LogP) is 2.79. The first kappa shape index (κ1) is 15.9. The fraction of sp³-hybridized carbons (Fsp3) is 0.125. The highest BCUT2D eigenvalue weighted by Crippen LogP contribution is 2.20. The summed E-state index contributed by atoms with van der Waals surface area (Å²) in [4.78, 5) is 23.5. The number of ether oxygens (including phenoxy) is 1. The summed E-state index contributed by atoms with van der Waals surface area (Å²) in [6, 6.07) is 8.79. The fourth-order valence-corrected chi connectivity index (χ4v) is 2.52. The zero-order valence-corrected chi connectivity index (χ0v) is 13.5. The third kappa shape index (κ3) is 3.85. The second kappa shape index (κ2) is 7.05. The molecule has 0 spiro atoms. The van der Waals surface area contributed by atoms with Crippen molar-refractivity contribution in [2.45, 2.75) is 6.92 Å². The van der Waals surface area contributed by atoms with E-state index >= 15 is 0 Å². The molecule has 0 bridgehead atoms. The molecule has 0 aliphatic carbocycles. The van der Waals surface area contributed by atoms with Crippen LogP contribution < -0.4 is 5.32 Å². The summed E-state index contributed by atoms with van der Waals surface area (Å²) >= 11 is 1.06. The van der Waals surface area contributed by atoms with Gasteiger partial charge in [-0.2, -0.15) is 8.75 Å². The van der Waals surface area contributed by atoms with Gasteiger partial charge in [0.15, 0.2) is 6.61 Å². The summed E-state index contributed by atoms with van der Waals surface area (Å²) in [5, 5.41) is 2.65. The van der Waals surface area contributed by atoms with Gasteiger partial charge in [-0.25, -0.2) is 4.79 Å². The Morgan fingerprint density at radius 3 is 2.96 bits per heavy atom. The Hall–Kier alpha value is -3.00. The van der Waals surface area contributed by atoms with Crippen molar-refractivity contribution in [2.24, 2.45) is 0 Å². The first-order valence-corrected chi connectivity index (χ1v) is 7.77. The molecule has 24 heavy (non-hydrogen) atoms. The number of carbonyl (C=O) groups is 2. The highest BCUT2D eigenvalue weighted by Gasteiger charge is 2.10. The number of aryl methyl sites for hydroxylation is 1. The predicted molar refractivity (Wildman–Crippen MR) is 89.5 cm³/mol. The number of aromatic nitrogens is 2. The summed E-state index contributed by atoms with van der Waals surface area (Å²) in [6.07, 6.45) is 2.69. The molecular weight excluding hydrogens is 330 g/mol. The average molecular weight is 343 g/mol. The van der Waals surface area contributed by atoms with Gasteiger partial charge in [-0.3, -0.25) is 4.79 Å². The maximum Gasteiger partial charge on any atom is 0.331 e. The minimum absolute atomic E-state index is 0.395. The maximum atomic E-state index is 11.9. The molecule has 1 N–H and O–H groups in total. The molecule has 122 valence electrons. The van der Waals surface area contributed by atoms with Gasteiger partial charge in [-0.1, -0.05) is 6.07 Å². The van der Waals surface area contributed by atoms with Crippen molar-refractivity contribution < 1.29 is 18.7 Å². The summed E-state index contributed by atoms with van der Waals surface area (Å²) in [5.41, 5.74) is 1.84. The maximum absolute atomic E-state index is 11.9. The lowest BCUT2D eigenvalue weighted by atomic mass is 10.2. The third-order valence-corrected chi connectivity index (χ3v) is 3.59. The quantitative estimate of drug-likeness (QED) is 0.565. The standard InChI is InChI=1S/C16H13N3O4S/c1-10-5-6-11(23-10)7-8-15(21)22-9-14(20)17-12-3-2-4-13-16(12)19-24-18-13/h2-8H,9H2,1H3,(H,17,20). The molecule has 0 saturated heterocycles. The Labute approximate surface area is 141 Å². The fourth-order valence-electron chi connectivity index (χ4n) is 1.97. The van der Waals surface area contributed by atoms with E-state index in [1.807, 2.05) is 0 Å². The Morgan fingerprint density at radius 1 is 1.29 bits per heavy atom. The van der Waals surface area contributed by atoms with Gasteiger partial charge >= 0.3 is 5.97 Å². The molecular formula is C16H13N3O4S. The monoisotopic (exact) mass is 343 g/mol. The van der Waals surface area contributed by atoms with Crippen LogP contribution >= 0.6 is 11.7 Å². The van der Waals surface area contributed by atoms with Gasteiger partial charge in [0.2, 0.25) is 0 Å². The van der Waals surface area contributed by atoms with Crippen LogP contribution in [0.2, 0.25) is 0 Å². The van der Waals surface area contributed by atoms with Crippen LogP contribution in [-0.2, 0) is 14.3 Å². The van der Waals surface area contributed by atoms with Crippen molar-refractivity contribution in [1.29, 1.82) is 0 Å². The SMILES string of the molecule is Cc1ccc(C=CC(=O)OCC(=O)Nc2cccc3nsnc23)o1. The van der Waals surface area contributed by atoms with Crippen LogP contribution in [0.1, 0.15) is 11.5 Å². The molecule has 0 radical (unpaired) electrons. The Bertz CT molecular complexity index is 913. The topological polar surface area (TPSA) is 94.3 Å². The molecule has 0 fully saturated rings. The lowest BCUT2D eigenvalue weighted by Gasteiger charge is -2.05. The van der Waals surface area contributed by atoms with E-state index in [4.69, 9.17) is 9.15 Å². The highest BCUT2D eigenvalue weighted by molar-refractivity contribution is 7.00. The molecule has 0 aliphatic rings. The van der Waals surface area contributed by atoms with Crippen LogP contribution in [0, 0.1) is 6.92 Å². The van der Waals surface area contributed by atoms with E-state index in [0.717, 1.165) is 17.5 Å². The van der Waals surface area contributed by atoms with Gasteiger partial charge in [0.25, 0.3) is 5.91 Å². The molecule has 1 aromatic carbocycles. The number of carbonyl (C=O) groups excluding carboxylic acids is 2. The third-order valence-electron chi connectivity index (χ3n) is 3.05. The summed E-state index contributed by atoms with van der Waals surface area (Å²) in [6.45, 7) is 1.41. The van der Waals surface area contributed by atoms with Crippen LogP contribution in [0.25, 0.3) is 17.1 Å². The van der Waals surface area contributed by atoms with E-state index in [1.54, 1.807) is 37.3 Å². The van der Waals surface area contributed by atoms with Crippen molar-refractivity contribution in [2.75, 3.05) is 11.9 Å². The second-order valence-corrected chi connectivity index (χ2v) is 5.40. The summed E-state index contributed by atoms with van der Waals surface area (Å²) in [5.74, 6) is 0.198. The lowest BCUT2D eigenvalue weighted by molar-refractivity contribution is -0.142. The number of anilines is 1. The molecule has 0 aliphatic heterocycles. The molecule has 3 aromatic rings. The van der Waals surface area contributed by atoms with Gasteiger partial charge in [-0.05, 0) is 37.3 Å². The minimum Gasteiger partial charge on any atom is -0.462 e. The van der Waals surface area contributed by atoms with Crippen molar-refractivity contribution in [3.63, 3.8) is 0 Å². The number of rotatable bonds is 5. The first-order chi connectivity index (χ1) is 11.6. The largest absolute Gasteiger partial charge is 0.462 e. The number of hydrogen-bond donors (Lipinski definition) is 1. The molecule has 1 amide bonds. The van der Waals surface area contributed by atoms with Crippen LogP contribution in [0.15, 0.2) is 40.8 Å². The van der Waals surface area contributed by atoms with E-state index in [1.165, 1.54) is 12.2 Å². The van der Waals surface area contributed by atoms with E-state index in [0.29, 0.717) is 22.5 Å². The smallest absolute Gasteiger partial charge is 0.331 e. The number of amides is 1. The zero-order valence-electron chi connectivity index (χ0n) is 12.7. The molecule has 7 nitrogen and oxygen atoms in total. The molecule has 2 heterocycles. The number of nitrogens with one attached hydrogen (secondary N) is 1. The second-order valence-electron chi connectivity index (χ2n) is 4.88. The number of fused-ring (bicyclic) bond motifs is 1. The first-order valence-electron chi connectivity index (χ1n) is 7.04. The van der Waals surface area contributed by atoms with Gasteiger partial charge in [0, 0.05) is 6.08 Å². The normalized spacial score (nSPS) is 11.0. The number of esters is 1. The lowest BCUT2D eigenvalue weighted by Crippen LogP contribution is -2.20. The van der Waals surface area contributed by atoms with Gasteiger partial charge < -0.3 is 14.5 Å². The van der Waals surface area contributed by atoms with Crippen molar-refractivity contribution >= 4 is 46.4 Å². The molecule has 3 rings (SSSR count). The van der Waals surface area contributed by atoms with Gasteiger partial charge in [0.05, 0.1) is 17.4 Å². The number of hydrogen-bond acceptors (Lipinski definition) is 7. The van der Waals surface area contributed by atoms with Crippen LogP contribution in [0.4, 0.5) is 5.69 Å². The van der Waals surface area contributed by atoms with E-state index < -0.39 is 18.5 Å². The van der Waals surface area contributed by atoms with Crippen molar-refractivity contribution in [3.05, 3.63) is 47.9 Å². The molecule has 0 atom stereocenters. The summed E-state index contributed by atoms with van der Waals surface area (Å²) < 4.78 is 18.4. The van der Waals surface area contributed by atoms with Crippen LogP contribution in [-0.4, -0.2) is 27.2 Å². The van der Waals surface area contributed by atoms with Gasteiger partial charge in [0.1, 0.15) is 22.6 Å². The minimum atomic E-state index is -0.632. The molecule has 8 heteroatoms. The Balaban J connectivity index is 1.53. The average Bonchev–Trinajstić information content (AvgIpc) is 3.20. The zero-order chi connectivity index (χ0) is 16.9. The van der Waals surface area contributed by atoms with E-state index in [9.17, 15) is 9.59 Å². The summed E-state index contributed by atoms with van der Waals surface area (Å²) in [7, 11) is 0. The molecule has 2 aromatic heterocycles. The van der Waals surface area contributed by atoms with Crippen LogP contribution in [0.5, 0.6) is 0 Å². The Kier molecular flexibility index (Phi) is 4.66. The Morgan fingerprint density at radius 2 is 2.17 bits per heavy atom. The molecule has 0 saturated carbocycles. The van der Waals surface area contributed by atoms with E-state index in [-0.39, 0.29) is 0 Å². The number of furan rings is 1. The number of nitrogens with zero attached hydrogens (tertiary/aromatic N) is 2. The van der Waals surface area contributed by atoms with Gasteiger partial charge in [-0.15, -0.1) is 0 Å². The number of benzene rings is 1. The molecule has 0 unspecified atom stereocenters. The van der Waals surface area contributed by atoms with E-state index in [2.05, 4.69) is 14.1 Å². The van der Waals surface area contributed by atoms with Crippen molar-refractivity contribution in [1.82, 2.24) is 8.75 Å². The van der Waals surface area contributed by atoms with Crippen LogP contribution in [0.3, 0.4) is 0 Å². The van der Waals surface area contributed by atoms with Crippen molar-refractivity contribution in [3.8, 4) is 0 Å². The highest BCUT2D eigenvalue weighted by atomic mass is 32.1.